The molecule has 20 nitrogen and oxygen atoms in total. The van der Waals surface area contributed by atoms with Crippen LogP contribution in [0.25, 0.3) is 0 Å². The molecule has 0 bridgehead atoms. The van der Waals surface area contributed by atoms with E-state index in [0.29, 0.717) is 5.56 Å². The van der Waals surface area contributed by atoms with Gasteiger partial charge in [-0.2, -0.15) is 8.42 Å². The average Bonchev–Trinajstić information content (AvgIpc) is 3.02. The molecule has 2 saturated heterocycles. The first-order chi connectivity index (χ1) is 23.9. The molecule has 0 aliphatic carbocycles. The zero-order valence-electron chi connectivity index (χ0n) is 28.3. The van der Waals surface area contributed by atoms with Gasteiger partial charge in [0.2, 0.25) is 5.91 Å². The van der Waals surface area contributed by atoms with E-state index in [4.69, 9.17) is 46.8 Å². The normalized spacial score (nSPS) is 29.2. The standard InChI is InChI=1S/C30H39NO19S/c1-14(32)31-21-23(22(50-51(38,39)40)20(13-42-15(2)33)47-29(21)43-12-19-10-8-7-9-11-19)48-30-27(46-18(5)36)25(45-17(4)35)24(44-16(3)34)26(49-30)28(37)41-6/h7-11,20-27,29-30H,12-13H2,1-6H3,(H,31,32)(H,38,39,40)/t20-,21-,22-,23-,24+,25+,26+,27-,29-,30-/m1/s1. The second-order valence-electron chi connectivity index (χ2n) is 11.1. The Balaban J connectivity index is 2.21. The Labute approximate surface area is 292 Å². The van der Waals surface area contributed by atoms with Crippen LogP contribution in [0.4, 0.5) is 0 Å². The van der Waals surface area contributed by atoms with E-state index in [1.807, 2.05) is 0 Å². The molecule has 1 aromatic rings. The zero-order chi connectivity index (χ0) is 38.0. The minimum atomic E-state index is -5.38. The number of hydrogen-bond donors (Lipinski definition) is 2. The highest BCUT2D eigenvalue weighted by atomic mass is 32.3. The summed E-state index contributed by atoms with van der Waals surface area (Å²) >= 11 is 0. The third kappa shape index (κ3) is 12.2. The lowest BCUT2D eigenvalue weighted by Crippen LogP contribution is -2.69. The molecule has 0 spiro atoms. The molecule has 284 valence electrons. The Hall–Kier alpha value is -4.25. The number of amides is 1. The first kappa shape index (κ1) is 41.2. The van der Waals surface area contributed by atoms with E-state index >= 15 is 0 Å². The summed E-state index contributed by atoms with van der Waals surface area (Å²) in [7, 11) is -4.43. The molecule has 2 aliphatic heterocycles. The minimum absolute atomic E-state index is 0.155. The molecule has 2 aliphatic rings. The van der Waals surface area contributed by atoms with E-state index in [1.165, 1.54) is 0 Å². The first-order valence-electron chi connectivity index (χ1n) is 15.2. The number of carbonyl (C=O) groups excluding carboxylic acids is 6. The molecule has 10 atom stereocenters. The lowest BCUT2D eigenvalue weighted by atomic mass is 9.94. The van der Waals surface area contributed by atoms with Crippen LogP contribution in [0, 0.1) is 0 Å². The predicted octanol–water partition coefficient (Wildman–Crippen LogP) is -0.738. The van der Waals surface area contributed by atoms with Crippen molar-refractivity contribution >= 4 is 46.2 Å². The summed E-state index contributed by atoms with van der Waals surface area (Å²) in [6.45, 7) is 4.14. The van der Waals surface area contributed by atoms with Crippen molar-refractivity contribution in [3.63, 3.8) is 0 Å². The Morgan fingerprint density at radius 1 is 0.765 bits per heavy atom. The van der Waals surface area contributed by atoms with Crippen molar-refractivity contribution < 1.29 is 88.6 Å². The molecule has 0 saturated carbocycles. The van der Waals surface area contributed by atoms with E-state index in [2.05, 4.69) is 5.32 Å². The van der Waals surface area contributed by atoms with Gasteiger partial charge in [-0.25, -0.2) is 8.98 Å². The third-order valence-corrected chi connectivity index (χ3v) is 7.55. The average molecular weight is 750 g/mol. The fraction of sp³-hybridized carbons (Fsp3) is 0.600. The summed E-state index contributed by atoms with van der Waals surface area (Å²) < 4.78 is 88.8. The fourth-order valence-electron chi connectivity index (χ4n) is 5.28. The number of benzene rings is 1. The maximum absolute atomic E-state index is 13.0. The Morgan fingerprint density at radius 2 is 1.35 bits per heavy atom. The molecule has 3 rings (SSSR count). The lowest BCUT2D eigenvalue weighted by molar-refractivity contribution is -0.341. The molecule has 21 heteroatoms. The highest BCUT2D eigenvalue weighted by Crippen LogP contribution is 2.35. The fourth-order valence-corrected chi connectivity index (χ4v) is 5.80. The highest BCUT2D eigenvalue weighted by molar-refractivity contribution is 7.80. The summed E-state index contributed by atoms with van der Waals surface area (Å²) in [5.74, 6) is -5.74. The van der Waals surface area contributed by atoms with Gasteiger partial charge in [0, 0.05) is 34.6 Å². The number of rotatable bonds is 14. The molecular formula is C30H39NO19S. The first-order valence-corrected chi connectivity index (χ1v) is 16.5. The third-order valence-electron chi connectivity index (χ3n) is 7.08. The minimum Gasteiger partial charge on any atom is -0.467 e. The molecule has 2 fully saturated rings. The van der Waals surface area contributed by atoms with Gasteiger partial charge < -0.3 is 47.9 Å². The van der Waals surface area contributed by atoms with Crippen LogP contribution in [0.1, 0.15) is 40.2 Å². The van der Waals surface area contributed by atoms with E-state index in [1.54, 1.807) is 30.3 Å². The number of esters is 5. The molecule has 2 heterocycles. The molecular weight excluding hydrogens is 710 g/mol. The van der Waals surface area contributed by atoms with Crippen LogP contribution >= 0.6 is 0 Å². The van der Waals surface area contributed by atoms with Crippen molar-refractivity contribution in [2.24, 2.45) is 0 Å². The second kappa shape index (κ2) is 18.3. The predicted molar refractivity (Wildman–Crippen MR) is 163 cm³/mol. The molecule has 2 N–H and O–H groups in total. The number of carbonyl (C=O) groups is 6. The van der Waals surface area contributed by atoms with Crippen LogP contribution in [0.15, 0.2) is 30.3 Å². The van der Waals surface area contributed by atoms with Crippen LogP contribution < -0.4 is 5.32 Å². The topological polar surface area (TPSA) is 261 Å². The Morgan fingerprint density at radius 3 is 1.88 bits per heavy atom. The van der Waals surface area contributed by atoms with Gasteiger partial charge in [0.05, 0.1) is 13.7 Å². The van der Waals surface area contributed by atoms with Crippen molar-refractivity contribution in [2.45, 2.75) is 103 Å². The van der Waals surface area contributed by atoms with Crippen molar-refractivity contribution in [3.05, 3.63) is 35.9 Å². The molecule has 1 aromatic carbocycles. The lowest BCUT2D eigenvalue weighted by Gasteiger charge is -2.48. The van der Waals surface area contributed by atoms with Crippen molar-refractivity contribution in [2.75, 3.05) is 13.7 Å². The van der Waals surface area contributed by atoms with Gasteiger partial charge >= 0.3 is 40.2 Å². The summed E-state index contributed by atoms with van der Waals surface area (Å²) in [6, 6.07) is 7.01. The quantitative estimate of drug-likeness (QED) is 0.135. The molecule has 0 unspecified atom stereocenters. The maximum atomic E-state index is 13.0. The van der Waals surface area contributed by atoms with E-state index in [9.17, 15) is 41.7 Å². The van der Waals surface area contributed by atoms with Crippen molar-refractivity contribution in [3.8, 4) is 0 Å². The van der Waals surface area contributed by atoms with Crippen molar-refractivity contribution in [1.82, 2.24) is 5.32 Å². The summed E-state index contributed by atoms with van der Waals surface area (Å²) in [6.07, 6.45) is -16.5. The highest BCUT2D eigenvalue weighted by Gasteiger charge is 2.58. The van der Waals surface area contributed by atoms with E-state index in [0.717, 1.165) is 41.7 Å². The van der Waals surface area contributed by atoms with E-state index < -0.39 is 114 Å². The maximum Gasteiger partial charge on any atom is 0.397 e. The van der Waals surface area contributed by atoms with Crippen molar-refractivity contribution in [1.29, 1.82) is 0 Å². The number of nitrogens with one attached hydrogen (secondary N) is 1. The largest absolute Gasteiger partial charge is 0.467 e. The van der Waals surface area contributed by atoms with Crippen LogP contribution in [0.3, 0.4) is 0 Å². The number of methoxy groups -OCH3 is 1. The van der Waals surface area contributed by atoms with Gasteiger partial charge in [-0.1, -0.05) is 30.3 Å². The Kier molecular flexibility index (Phi) is 14.8. The van der Waals surface area contributed by atoms with Gasteiger partial charge in [0.1, 0.15) is 31.0 Å². The molecule has 1 amide bonds. The molecule has 51 heavy (non-hydrogen) atoms. The molecule has 0 aromatic heterocycles. The van der Waals surface area contributed by atoms with Crippen LogP contribution in [-0.4, -0.2) is 124 Å². The van der Waals surface area contributed by atoms with Gasteiger partial charge in [-0.05, 0) is 5.56 Å². The monoisotopic (exact) mass is 749 g/mol. The van der Waals surface area contributed by atoms with Gasteiger partial charge in [0.25, 0.3) is 0 Å². The Bertz CT molecular complexity index is 1520. The number of ether oxygens (including phenoxy) is 9. The smallest absolute Gasteiger partial charge is 0.397 e. The van der Waals surface area contributed by atoms with Crippen LogP contribution in [-0.2, 0) is 92.6 Å². The van der Waals surface area contributed by atoms with Crippen LogP contribution in [0.2, 0.25) is 0 Å². The number of hydrogen-bond acceptors (Lipinski definition) is 18. The zero-order valence-corrected chi connectivity index (χ0v) is 29.1. The van der Waals surface area contributed by atoms with E-state index in [-0.39, 0.29) is 6.61 Å². The van der Waals surface area contributed by atoms with Gasteiger partial charge in [-0.15, -0.1) is 0 Å². The second-order valence-corrected chi connectivity index (χ2v) is 12.2. The SMILES string of the molecule is COC(=O)[C@H]1O[C@@H](O[C@@H]2[C@@H](NC(C)=O)[C@H](OCc3ccccc3)O[C@H](COC(C)=O)[C@H]2OS(=O)(=O)O)[C@H](OC(C)=O)[C@@H](OC(C)=O)[C@@H]1OC(C)=O. The summed E-state index contributed by atoms with van der Waals surface area (Å²) in [4.78, 5) is 74.0. The summed E-state index contributed by atoms with van der Waals surface area (Å²) in [5, 5.41) is 2.50. The van der Waals surface area contributed by atoms with Gasteiger partial charge in [0.15, 0.2) is 37.0 Å². The van der Waals surface area contributed by atoms with Gasteiger partial charge in [-0.3, -0.25) is 28.5 Å². The molecule has 0 radical (unpaired) electrons. The summed E-state index contributed by atoms with van der Waals surface area (Å²) in [5.41, 5.74) is 0.625. The van der Waals surface area contributed by atoms with Crippen LogP contribution in [0.5, 0.6) is 0 Å².